The number of rotatable bonds is 1. The minimum atomic E-state index is -0.374. The molecule has 30 heavy (non-hydrogen) atoms. The standard InChI is InChI=1S/C24H25ClN2O3/c1-12-5-16-17(6-13(12)2)27-23(14-7-20-21(8-15(14)25)30-11-29-20)22-18(26-16)9-24(3,4)10-19(22)28/h5-8,23,26-27H,9-11H2,1-4H3. The Morgan fingerprint density at radius 2 is 1.67 bits per heavy atom. The van der Waals surface area contributed by atoms with Crippen LogP contribution in [-0.2, 0) is 4.79 Å². The van der Waals surface area contributed by atoms with Crippen LogP contribution in [0.2, 0.25) is 5.02 Å². The predicted octanol–water partition coefficient (Wildman–Crippen LogP) is 5.91. The molecule has 1 aliphatic carbocycles. The molecule has 156 valence electrons. The number of anilines is 2. The molecule has 5 nitrogen and oxygen atoms in total. The first-order valence-corrected chi connectivity index (χ1v) is 10.6. The van der Waals surface area contributed by atoms with E-state index in [1.165, 1.54) is 11.1 Å². The third-order valence-electron chi connectivity index (χ3n) is 6.23. The van der Waals surface area contributed by atoms with Gasteiger partial charge in [-0.3, -0.25) is 4.79 Å². The molecular weight excluding hydrogens is 400 g/mol. The molecule has 2 aromatic carbocycles. The SMILES string of the molecule is Cc1cc2c(cc1C)NC(c1cc3c(cc1Cl)OCO3)C1=C(CC(C)(C)CC1=O)N2. The van der Waals surface area contributed by atoms with Crippen molar-refractivity contribution in [1.29, 1.82) is 0 Å². The van der Waals surface area contributed by atoms with E-state index in [4.69, 9.17) is 21.1 Å². The average Bonchev–Trinajstić information content (AvgIpc) is 3.03. The first-order valence-electron chi connectivity index (χ1n) is 10.2. The Labute approximate surface area is 181 Å². The lowest BCUT2D eigenvalue weighted by molar-refractivity contribution is -0.118. The van der Waals surface area contributed by atoms with Crippen LogP contribution in [0.25, 0.3) is 0 Å². The second-order valence-electron chi connectivity index (χ2n) is 9.24. The molecule has 0 bridgehead atoms. The van der Waals surface area contributed by atoms with Crippen molar-refractivity contribution in [3.63, 3.8) is 0 Å². The molecule has 0 aromatic heterocycles. The van der Waals surface area contributed by atoms with Gasteiger partial charge in [0.15, 0.2) is 17.3 Å². The lowest BCUT2D eigenvalue weighted by Crippen LogP contribution is -2.31. The van der Waals surface area contributed by atoms with Gasteiger partial charge in [-0.15, -0.1) is 0 Å². The molecule has 2 N–H and O–H groups in total. The van der Waals surface area contributed by atoms with Crippen molar-refractivity contribution in [3.8, 4) is 11.5 Å². The summed E-state index contributed by atoms with van der Waals surface area (Å²) in [7, 11) is 0. The van der Waals surface area contributed by atoms with Gasteiger partial charge in [0.2, 0.25) is 6.79 Å². The molecule has 0 saturated carbocycles. The molecule has 2 heterocycles. The number of halogens is 1. The number of ketones is 1. The summed E-state index contributed by atoms with van der Waals surface area (Å²) >= 11 is 6.68. The van der Waals surface area contributed by atoms with Crippen molar-refractivity contribution in [2.75, 3.05) is 17.4 Å². The number of benzene rings is 2. The summed E-state index contributed by atoms with van der Waals surface area (Å²) in [4.78, 5) is 13.4. The van der Waals surface area contributed by atoms with Crippen LogP contribution in [0.4, 0.5) is 11.4 Å². The van der Waals surface area contributed by atoms with Gasteiger partial charge < -0.3 is 20.1 Å². The monoisotopic (exact) mass is 424 g/mol. The van der Waals surface area contributed by atoms with Crippen LogP contribution in [0.3, 0.4) is 0 Å². The maximum atomic E-state index is 13.4. The summed E-state index contributed by atoms with van der Waals surface area (Å²) in [6, 6.07) is 7.56. The second kappa shape index (κ2) is 6.67. The summed E-state index contributed by atoms with van der Waals surface area (Å²) in [5, 5.41) is 7.74. The highest BCUT2D eigenvalue weighted by molar-refractivity contribution is 6.31. The third kappa shape index (κ3) is 3.12. The fourth-order valence-electron chi connectivity index (χ4n) is 4.60. The predicted molar refractivity (Wildman–Crippen MR) is 119 cm³/mol. The molecule has 1 unspecified atom stereocenters. The quantitative estimate of drug-likeness (QED) is 0.596. The highest BCUT2D eigenvalue weighted by Gasteiger charge is 2.39. The van der Waals surface area contributed by atoms with Gasteiger partial charge >= 0.3 is 0 Å². The van der Waals surface area contributed by atoms with E-state index in [1.807, 2.05) is 6.07 Å². The Kier molecular flexibility index (Phi) is 4.30. The van der Waals surface area contributed by atoms with Crippen molar-refractivity contribution < 1.29 is 14.3 Å². The molecule has 1 atom stereocenters. The molecule has 0 spiro atoms. The lowest BCUT2D eigenvalue weighted by Gasteiger charge is -2.34. The van der Waals surface area contributed by atoms with Gasteiger partial charge in [0.05, 0.1) is 22.4 Å². The summed E-state index contributed by atoms with van der Waals surface area (Å²) < 4.78 is 11.1. The number of aryl methyl sites for hydroxylation is 2. The lowest BCUT2D eigenvalue weighted by atomic mass is 9.73. The number of hydrogen-bond acceptors (Lipinski definition) is 5. The normalized spacial score (nSPS) is 21.4. The summed E-state index contributed by atoms with van der Waals surface area (Å²) in [6.07, 6.45) is 1.29. The molecule has 3 aliphatic rings. The fraction of sp³-hybridized carbons (Fsp3) is 0.375. The molecular formula is C24H25ClN2O3. The van der Waals surface area contributed by atoms with Gasteiger partial charge in [-0.25, -0.2) is 0 Å². The van der Waals surface area contributed by atoms with Crippen LogP contribution in [-0.4, -0.2) is 12.6 Å². The molecule has 0 radical (unpaired) electrons. The fourth-order valence-corrected chi connectivity index (χ4v) is 4.86. The van der Waals surface area contributed by atoms with E-state index in [2.05, 4.69) is 50.5 Å². The van der Waals surface area contributed by atoms with E-state index in [9.17, 15) is 4.79 Å². The van der Waals surface area contributed by atoms with Gasteiger partial charge in [0.25, 0.3) is 0 Å². The number of fused-ring (bicyclic) bond motifs is 2. The van der Waals surface area contributed by atoms with E-state index in [-0.39, 0.29) is 24.0 Å². The molecule has 0 fully saturated rings. The summed E-state index contributed by atoms with van der Waals surface area (Å²) in [5.41, 5.74) is 6.75. The Bertz CT molecular complexity index is 1120. The Morgan fingerprint density at radius 3 is 2.40 bits per heavy atom. The van der Waals surface area contributed by atoms with Crippen molar-refractivity contribution in [2.24, 2.45) is 5.41 Å². The number of nitrogens with one attached hydrogen (secondary N) is 2. The number of allylic oxidation sites excluding steroid dienone is 1. The average molecular weight is 425 g/mol. The summed E-state index contributed by atoms with van der Waals surface area (Å²) in [6.45, 7) is 8.64. The van der Waals surface area contributed by atoms with E-state index in [0.717, 1.165) is 34.6 Å². The van der Waals surface area contributed by atoms with Crippen LogP contribution < -0.4 is 20.1 Å². The van der Waals surface area contributed by atoms with Crippen molar-refractivity contribution in [1.82, 2.24) is 0 Å². The van der Waals surface area contributed by atoms with Crippen LogP contribution in [0.15, 0.2) is 35.5 Å². The Balaban J connectivity index is 1.71. The van der Waals surface area contributed by atoms with Crippen molar-refractivity contribution in [3.05, 3.63) is 57.2 Å². The number of carbonyl (C=O) groups is 1. The first-order chi connectivity index (χ1) is 14.2. The zero-order valence-electron chi connectivity index (χ0n) is 17.6. The zero-order valence-corrected chi connectivity index (χ0v) is 18.4. The van der Waals surface area contributed by atoms with Gasteiger partial charge in [0.1, 0.15) is 0 Å². The molecule has 0 amide bonds. The van der Waals surface area contributed by atoms with Crippen LogP contribution in [0.1, 0.15) is 49.4 Å². The van der Waals surface area contributed by atoms with Crippen molar-refractivity contribution in [2.45, 2.75) is 46.6 Å². The van der Waals surface area contributed by atoms with Gasteiger partial charge in [-0.1, -0.05) is 25.4 Å². The third-order valence-corrected chi connectivity index (χ3v) is 6.56. The van der Waals surface area contributed by atoms with Crippen LogP contribution >= 0.6 is 11.6 Å². The molecule has 6 heteroatoms. The van der Waals surface area contributed by atoms with Gasteiger partial charge in [-0.2, -0.15) is 0 Å². The highest BCUT2D eigenvalue weighted by Crippen LogP contribution is 2.48. The minimum Gasteiger partial charge on any atom is -0.454 e. The van der Waals surface area contributed by atoms with Gasteiger partial charge in [-0.05, 0) is 55.0 Å². The van der Waals surface area contributed by atoms with Crippen molar-refractivity contribution >= 4 is 28.8 Å². The second-order valence-corrected chi connectivity index (χ2v) is 9.65. The molecule has 5 rings (SSSR count). The molecule has 2 aliphatic heterocycles. The maximum absolute atomic E-state index is 13.4. The smallest absolute Gasteiger partial charge is 0.231 e. The summed E-state index contributed by atoms with van der Waals surface area (Å²) in [5.74, 6) is 1.42. The number of hydrogen-bond donors (Lipinski definition) is 2. The largest absolute Gasteiger partial charge is 0.454 e. The highest BCUT2D eigenvalue weighted by atomic mass is 35.5. The van der Waals surface area contributed by atoms with E-state index in [0.29, 0.717) is 22.9 Å². The maximum Gasteiger partial charge on any atom is 0.231 e. The zero-order chi connectivity index (χ0) is 21.2. The molecule has 0 saturated heterocycles. The van der Waals surface area contributed by atoms with Gasteiger partial charge in [0, 0.05) is 29.3 Å². The molecule has 2 aromatic rings. The number of carbonyl (C=O) groups excluding carboxylic acids is 1. The number of Topliss-reactive ketones (excluding diaryl/α,β-unsaturated/α-hetero) is 1. The Hall–Kier alpha value is -2.66. The first kappa shape index (κ1) is 19.3. The number of ether oxygens (including phenoxy) is 2. The van der Waals surface area contributed by atoms with Crippen LogP contribution in [0, 0.1) is 19.3 Å². The van der Waals surface area contributed by atoms with Crippen LogP contribution in [0.5, 0.6) is 11.5 Å². The van der Waals surface area contributed by atoms with E-state index < -0.39 is 0 Å². The minimum absolute atomic E-state index is 0.101. The Morgan fingerprint density at radius 1 is 1.00 bits per heavy atom. The topological polar surface area (TPSA) is 59.6 Å². The van der Waals surface area contributed by atoms with E-state index >= 15 is 0 Å². The van der Waals surface area contributed by atoms with E-state index in [1.54, 1.807) is 6.07 Å².